The quantitative estimate of drug-likeness (QED) is 0.380. The van der Waals surface area contributed by atoms with Crippen LogP contribution in [0, 0.1) is 0 Å². The van der Waals surface area contributed by atoms with Crippen molar-refractivity contribution in [2.75, 3.05) is 0 Å². The molecule has 1 atom stereocenters. The van der Waals surface area contributed by atoms with Gasteiger partial charge in [-0.2, -0.15) is 0 Å². The molecule has 0 aliphatic carbocycles. The minimum atomic E-state index is 0.0432. The number of hydrogen-bond acceptors (Lipinski definition) is 2. The first-order chi connectivity index (χ1) is 3.97. The van der Waals surface area contributed by atoms with Crippen LogP contribution in [-0.4, -0.2) is 4.86 Å². The summed E-state index contributed by atoms with van der Waals surface area (Å²) < 4.78 is 5.19. The summed E-state index contributed by atoms with van der Waals surface area (Å²) in [6.45, 7) is 0. The molecule has 3 heteroatoms. The first-order valence-electron chi connectivity index (χ1n) is 2.25. The van der Waals surface area contributed by atoms with Gasteiger partial charge in [0.1, 0.15) is 6.26 Å². The molecule has 0 aromatic carbocycles. The highest BCUT2D eigenvalue weighted by molar-refractivity contribution is 8.83. The lowest BCUT2D eigenvalue weighted by molar-refractivity contribution is 0.578. The first kappa shape index (κ1) is 4.70. The van der Waals surface area contributed by atoms with Crippen LogP contribution >= 0.6 is 20.6 Å². The molecule has 0 aromatic heterocycles. The lowest BCUT2D eigenvalue weighted by Gasteiger charge is -1.93. The SMILES string of the molecule is C1=CC2=S(O1)SC=C2. The molecule has 0 N–H and O–H groups in total. The summed E-state index contributed by atoms with van der Waals surface area (Å²) >= 11 is 0. The summed E-state index contributed by atoms with van der Waals surface area (Å²) in [5.41, 5.74) is 0. The van der Waals surface area contributed by atoms with Gasteiger partial charge in [0.25, 0.3) is 0 Å². The maximum absolute atomic E-state index is 5.19. The summed E-state index contributed by atoms with van der Waals surface area (Å²) in [7, 11) is 1.78. The largest absolute Gasteiger partial charge is 0.430 e. The molecular formula is C5H4OS2. The summed E-state index contributed by atoms with van der Waals surface area (Å²) in [5, 5.41) is 2.07. The Morgan fingerprint density at radius 2 is 2.50 bits per heavy atom. The zero-order chi connectivity index (χ0) is 5.40. The molecule has 1 unspecified atom stereocenters. The second kappa shape index (κ2) is 1.67. The lowest BCUT2D eigenvalue weighted by Crippen LogP contribution is -1.74. The number of allylic oxidation sites excluding steroid dienone is 2. The van der Waals surface area contributed by atoms with Gasteiger partial charge in [0.05, 0.1) is 9.80 Å². The van der Waals surface area contributed by atoms with Crippen molar-refractivity contribution in [2.24, 2.45) is 0 Å². The Hall–Kier alpha value is -0.150. The van der Waals surface area contributed by atoms with Gasteiger partial charge in [-0.3, -0.25) is 0 Å². The maximum Gasteiger partial charge on any atom is 0.103 e. The average molecular weight is 144 g/mol. The molecule has 42 valence electrons. The summed E-state index contributed by atoms with van der Waals surface area (Å²) in [5.74, 6) is 0. The second-order valence-electron chi connectivity index (χ2n) is 1.44. The molecule has 0 aromatic rings. The topological polar surface area (TPSA) is 9.23 Å². The average Bonchev–Trinajstić information content (AvgIpc) is 2.15. The van der Waals surface area contributed by atoms with E-state index >= 15 is 0 Å². The van der Waals surface area contributed by atoms with Gasteiger partial charge >= 0.3 is 0 Å². The zero-order valence-electron chi connectivity index (χ0n) is 4.03. The number of hydrogen-bond donors (Lipinski definition) is 0. The van der Waals surface area contributed by atoms with Crippen LogP contribution in [0.3, 0.4) is 0 Å². The first-order valence-corrected chi connectivity index (χ1v) is 4.80. The smallest absolute Gasteiger partial charge is 0.103 e. The molecule has 0 fully saturated rings. The van der Waals surface area contributed by atoms with Gasteiger partial charge < -0.3 is 4.18 Å². The van der Waals surface area contributed by atoms with Crippen LogP contribution in [-0.2, 0) is 4.18 Å². The van der Waals surface area contributed by atoms with Crippen LogP contribution in [0.25, 0.3) is 0 Å². The van der Waals surface area contributed by atoms with Crippen molar-refractivity contribution in [3.63, 3.8) is 0 Å². The third kappa shape index (κ3) is 0.548. The van der Waals surface area contributed by atoms with Gasteiger partial charge in [-0.1, -0.05) is 0 Å². The van der Waals surface area contributed by atoms with Crippen molar-refractivity contribution >= 4 is 25.5 Å². The molecule has 1 nitrogen and oxygen atoms in total. The molecule has 0 spiro atoms. The van der Waals surface area contributed by atoms with E-state index in [2.05, 4.69) is 11.5 Å². The van der Waals surface area contributed by atoms with E-state index in [1.54, 1.807) is 17.1 Å². The minimum Gasteiger partial charge on any atom is -0.430 e. The van der Waals surface area contributed by atoms with E-state index in [0.29, 0.717) is 0 Å². The Bertz CT molecular complexity index is 182. The van der Waals surface area contributed by atoms with Crippen molar-refractivity contribution in [1.82, 2.24) is 0 Å². The molecule has 2 aliphatic rings. The van der Waals surface area contributed by atoms with Crippen LogP contribution in [0.5, 0.6) is 0 Å². The molecule has 2 heterocycles. The van der Waals surface area contributed by atoms with E-state index in [1.165, 1.54) is 4.86 Å². The molecule has 2 aliphatic heterocycles. The monoisotopic (exact) mass is 144 g/mol. The Morgan fingerprint density at radius 3 is 3.38 bits per heavy atom. The predicted molar refractivity (Wildman–Crippen MR) is 39.6 cm³/mol. The predicted octanol–water partition coefficient (Wildman–Crippen LogP) is 2.06. The summed E-state index contributed by atoms with van der Waals surface area (Å²) in [6.07, 6.45) is 5.87. The molecule has 2 rings (SSSR count). The normalized spacial score (nSPS) is 31.0. The van der Waals surface area contributed by atoms with Crippen molar-refractivity contribution in [3.8, 4) is 0 Å². The maximum atomic E-state index is 5.19. The minimum absolute atomic E-state index is 0.0432. The highest BCUT2D eigenvalue weighted by atomic mass is 33.1. The lowest BCUT2D eigenvalue weighted by atomic mass is 10.4. The van der Waals surface area contributed by atoms with E-state index in [1.807, 2.05) is 6.08 Å². The summed E-state index contributed by atoms with van der Waals surface area (Å²) in [6, 6.07) is 0. The number of rotatable bonds is 0. The van der Waals surface area contributed by atoms with Gasteiger partial charge in [-0.25, -0.2) is 0 Å². The Morgan fingerprint density at radius 1 is 1.50 bits per heavy atom. The van der Waals surface area contributed by atoms with Crippen LogP contribution in [0.1, 0.15) is 0 Å². The second-order valence-corrected chi connectivity index (χ2v) is 4.52. The van der Waals surface area contributed by atoms with E-state index in [-0.39, 0.29) is 9.80 Å². The van der Waals surface area contributed by atoms with Gasteiger partial charge in [0, 0.05) is 4.86 Å². The van der Waals surface area contributed by atoms with Gasteiger partial charge in [-0.05, 0) is 28.4 Å². The van der Waals surface area contributed by atoms with Crippen molar-refractivity contribution in [1.29, 1.82) is 0 Å². The molecule has 0 saturated heterocycles. The van der Waals surface area contributed by atoms with E-state index < -0.39 is 0 Å². The molecule has 0 saturated carbocycles. The standard InChI is InChI=1S/C5H4OS2/c1-3-6-8-5(1)2-4-7-8/h1-4H. The van der Waals surface area contributed by atoms with E-state index in [4.69, 9.17) is 4.18 Å². The van der Waals surface area contributed by atoms with E-state index in [0.717, 1.165) is 0 Å². The molecular weight excluding hydrogens is 140 g/mol. The molecule has 8 heavy (non-hydrogen) atoms. The molecule has 0 radical (unpaired) electrons. The highest BCUT2D eigenvalue weighted by Gasteiger charge is 2.10. The van der Waals surface area contributed by atoms with Crippen LogP contribution in [0.2, 0.25) is 0 Å². The van der Waals surface area contributed by atoms with Gasteiger partial charge in [0.15, 0.2) is 0 Å². The molecule has 0 bridgehead atoms. The fraction of sp³-hybridized carbons (Fsp3) is 0. The fourth-order valence-electron chi connectivity index (χ4n) is 0.591. The van der Waals surface area contributed by atoms with Crippen LogP contribution in [0.15, 0.2) is 23.8 Å². The van der Waals surface area contributed by atoms with Gasteiger partial charge in [0.2, 0.25) is 0 Å². The fourth-order valence-corrected chi connectivity index (χ4v) is 3.16. The van der Waals surface area contributed by atoms with Crippen molar-refractivity contribution in [2.45, 2.75) is 0 Å². The Labute approximate surface area is 53.9 Å². The third-order valence-corrected chi connectivity index (χ3v) is 3.98. The van der Waals surface area contributed by atoms with Crippen molar-refractivity contribution in [3.05, 3.63) is 23.8 Å². The van der Waals surface area contributed by atoms with Crippen molar-refractivity contribution < 1.29 is 4.18 Å². The zero-order valence-corrected chi connectivity index (χ0v) is 5.67. The van der Waals surface area contributed by atoms with E-state index in [9.17, 15) is 0 Å². The van der Waals surface area contributed by atoms with Crippen LogP contribution in [0.4, 0.5) is 0 Å². The Kier molecular flexibility index (Phi) is 0.981. The van der Waals surface area contributed by atoms with Gasteiger partial charge in [-0.15, -0.1) is 0 Å². The Balaban J connectivity index is 2.43. The molecule has 0 amide bonds. The summed E-state index contributed by atoms with van der Waals surface area (Å²) in [4.78, 5) is 1.31. The highest BCUT2D eigenvalue weighted by Crippen LogP contribution is 2.42. The van der Waals surface area contributed by atoms with Crippen LogP contribution < -0.4 is 0 Å². The third-order valence-electron chi connectivity index (χ3n) is 0.943.